The summed E-state index contributed by atoms with van der Waals surface area (Å²) in [7, 11) is 2.01. The van der Waals surface area contributed by atoms with Crippen LogP contribution in [0.4, 0.5) is 0 Å². The van der Waals surface area contributed by atoms with Crippen molar-refractivity contribution in [1.82, 2.24) is 15.4 Å². The van der Waals surface area contributed by atoms with E-state index in [1.54, 1.807) is 6.07 Å². The Labute approximate surface area is 124 Å². The van der Waals surface area contributed by atoms with Crippen LogP contribution in [-0.2, 0) is 11.3 Å². The Bertz CT molecular complexity index is 453. The third-order valence-electron chi connectivity index (χ3n) is 4.35. The number of hydrogen-bond acceptors (Lipinski definition) is 7. The number of aliphatic hydroxyl groups is 2. The Balaban J connectivity index is 1.99. The predicted octanol–water partition coefficient (Wildman–Crippen LogP) is -0.101. The average molecular weight is 299 g/mol. The van der Waals surface area contributed by atoms with E-state index in [9.17, 15) is 5.11 Å². The van der Waals surface area contributed by atoms with Crippen molar-refractivity contribution in [1.29, 1.82) is 0 Å². The summed E-state index contributed by atoms with van der Waals surface area (Å²) in [4.78, 5) is 2.16. The first-order valence-electron chi connectivity index (χ1n) is 7.23. The first-order chi connectivity index (χ1) is 10.0. The molecule has 1 fully saturated rings. The SMILES string of the molecule is CC(NC[C@]1(CO)COC[C@@H](C)N1C)c1cc(CO)on1. The van der Waals surface area contributed by atoms with Gasteiger partial charge in [-0.1, -0.05) is 5.16 Å². The first kappa shape index (κ1) is 16.4. The standard InChI is InChI=1S/C14H25N3O4/c1-10-6-20-9-14(8-19,17(10)3)7-15-11(2)13-4-12(5-18)21-16-13/h4,10-11,15,18-19H,5-9H2,1-3H3/t10-,11?,14+/m1/s1. The zero-order chi connectivity index (χ0) is 15.5. The summed E-state index contributed by atoms with van der Waals surface area (Å²) in [6.45, 7) is 5.66. The molecule has 0 radical (unpaired) electrons. The van der Waals surface area contributed by atoms with E-state index in [1.165, 1.54) is 0 Å². The van der Waals surface area contributed by atoms with Crippen LogP contribution in [0.15, 0.2) is 10.6 Å². The van der Waals surface area contributed by atoms with Crippen molar-refractivity contribution in [2.24, 2.45) is 0 Å². The molecule has 7 nitrogen and oxygen atoms in total. The highest BCUT2D eigenvalue weighted by Gasteiger charge is 2.40. The molecule has 21 heavy (non-hydrogen) atoms. The van der Waals surface area contributed by atoms with E-state index in [0.717, 1.165) is 5.69 Å². The van der Waals surface area contributed by atoms with Crippen LogP contribution in [0.25, 0.3) is 0 Å². The van der Waals surface area contributed by atoms with Gasteiger partial charge < -0.3 is 24.8 Å². The van der Waals surface area contributed by atoms with Gasteiger partial charge in [0.05, 0.1) is 31.4 Å². The third kappa shape index (κ3) is 3.44. The topological polar surface area (TPSA) is 91.0 Å². The molecule has 1 aromatic heterocycles. The maximum atomic E-state index is 9.83. The summed E-state index contributed by atoms with van der Waals surface area (Å²) < 4.78 is 10.6. The van der Waals surface area contributed by atoms with Gasteiger partial charge in [-0.3, -0.25) is 4.90 Å². The molecule has 1 saturated heterocycles. The lowest BCUT2D eigenvalue weighted by Crippen LogP contribution is -2.65. The highest BCUT2D eigenvalue weighted by atomic mass is 16.5. The van der Waals surface area contributed by atoms with Crippen LogP contribution in [0.2, 0.25) is 0 Å². The smallest absolute Gasteiger partial charge is 0.162 e. The maximum Gasteiger partial charge on any atom is 0.162 e. The van der Waals surface area contributed by atoms with Gasteiger partial charge in [-0.15, -0.1) is 0 Å². The Kier molecular flexibility index (Phi) is 5.34. The molecule has 7 heteroatoms. The molecule has 3 atom stereocenters. The van der Waals surface area contributed by atoms with Gasteiger partial charge in [0.25, 0.3) is 0 Å². The van der Waals surface area contributed by atoms with Gasteiger partial charge in [-0.05, 0) is 20.9 Å². The summed E-state index contributed by atoms with van der Waals surface area (Å²) in [6, 6.07) is 1.95. The number of aromatic nitrogens is 1. The number of nitrogens with one attached hydrogen (secondary N) is 1. The minimum atomic E-state index is -0.435. The fourth-order valence-electron chi connectivity index (χ4n) is 2.54. The number of rotatable bonds is 6. The van der Waals surface area contributed by atoms with Crippen molar-refractivity contribution >= 4 is 0 Å². The summed E-state index contributed by atoms with van der Waals surface area (Å²) >= 11 is 0. The second-order valence-electron chi connectivity index (χ2n) is 5.84. The molecule has 120 valence electrons. The van der Waals surface area contributed by atoms with Crippen molar-refractivity contribution in [3.05, 3.63) is 17.5 Å². The normalized spacial score (nSPS) is 28.7. The Morgan fingerprint density at radius 3 is 2.95 bits per heavy atom. The molecule has 1 aliphatic heterocycles. The largest absolute Gasteiger partial charge is 0.394 e. The van der Waals surface area contributed by atoms with Crippen molar-refractivity contribution in [2.45, 2.75) is 38.1 Å². The van der Waals surface area contributed by atoms with Crippen LogP contribution < -0.4 is 5.32 Å². The zero-order valence-electron chi connectivity index (χ0n) is 12.9. The van der Waals surface area contributed by atoms with E-state index in [0.29, 0.717) is 25.5 Å². The van der Waals surface area contributed by atoms with Gasteiger partial charge in [-0.25, -0.2) is 0 Å². The number of morpholine rings is 1. The molecule has 2 rings (SSSR count). The molecule has 2 heterocycles. The van der Waals surface area contributed by atoms with Gasteiger partial charge in [0, 0.05) is 18.7 Å². The maximum absolute atomic E-state index is 9.83. The van der Waals surface area contributed by atoms with Crippen LogP contribution >= 0.6 is 0 Å². The fourth-order valence-corrected chi connectivity index (χ4v) is 2.54. The molecule has 1 aromatic rings. The molecule has 1 unspecified atom stereocenters. The summed E-state index contributed by atoms with van der Waals surface area (Å²) in [5, 5.41) is 26.1. The lowest BCUT2D eigenvalue weighted by atomic mass is 9.95. The lowest BCUT2D eigenvalue weighted by Gasteiger charge is -2.47. The number of likely N-dealkylation sites (N-methyl/N-ethyl adjacent to an activating group) is 1. The van der Waals surface area contributed by atoms with Crippen LogP contribution in [0.5, 0.6) is 0 Å². The highest BCUT2D eigenvalue weighted by Crippen LogP contribution is 2.23. The van der Waals surface area contributed by atoms with Crippen LogP contribution in [0.1, 0.15) is 31.3 Å². The molecule has 0 saturated carbocycles. The van der Waals surface area contributed by atoms with Crippen LogP contribution in [-0.4, -0.2) is 65.3 Å². The van der Waals surface area contributed by atoms with Crippen molar-refractivity contribution < 1.29 is 19.5 Å². The predicted molar refractivity (Wildman–Crippen MR) is 76.7 cm³/mol. The molecular weight excluding hydrogens is 274 g/mol. The Morgan fingerprint density at radius 2 is 2.33 bits per heavy atom. The monoisotopic (exact) mass is 299 g/mol. The van der Waals surface area contributed by atoms with Gasteiger partial charge in [0.15, 0.2) is 5.76 Å². The van der Waals surface area contributed by atoms with Crippen LogP contribution in [0, 0.1) is 0 Å². The van der Waals surface area contributed by atoms with E-state index in [-0.39, 0.29) is 25.3 Å². The minimum Gasteiger partial charge on any atom is -0.394 e. The molecule has 0 spiro atoms. The van der Waals surface area contributed by atoms with Gasteiger partial charge in [0.1, 0.15) is 12.3 Å². The zero-order valence-corrected chi connectivity index (χ0v) is 12.9. The first-order valence-corrected chi connectivity index (χ1v) is 7.23. The Hall–Kier alpha value is -0.990. The number of hydrogen-bond donors (Lipinski definition) is 3. The molecule has 1 aliphatic rings. The van der Waals surface area contributed by atoms with Crippen molar-refractivity contribution in [3.63, 3.8) is 0 Å². The second-order valence-corrected chi connectivity index (χ2v) is 5.84. The number of aliphatic hydroxyl groups excluding tert-OH is 2. The van der Waals surface area contributed by atoms with Crippen molar-refractivity contribution in [3.8, 4) is 0 Å². The van der Waals surface area contributed by atoms with E-state index in [2.05, 4.69) is 22.3 Å². The van der Waals surface area contributed by atoms with Gasteiger partial charge in [-0.2, -0.15) is 0 Å². The number of nitrogens with zero attached hydrogens (tertiary/aromatic N) is 2. The fraction of sp³-hybridized carbons (Fsp3) is 0.786. The quantitative estimate of drug-likeness (QED) is 0.675. The van der Waals surface area contributed by atoms with E-state index in [1.807, 2.05) is 14.0 Å². The summed E-state index contributed by atoms with van der Waals surface area (Å²) in [5.41, 5.74) is 0.301. The third-order valence-corrected chi connectivity index (χ3v) is 4.35. The molecule has 0 aliphatic carbocycles. The van der Waals surface area contributed by atoms with E-state index in [4.69, 9.17) is 14.4 Å². The molecule has 3 N–H and O–H groups in total. The minimum absolute atomic E-state index is 0.0221. The van der Waals surface area contributed by atoms with Gasteiger partial charge in [0.2, 0.25) is 0 Å². The van der Waals surface area contributed by atoms with Gasteiger partial charge >= 0.3 is 0 Å². The van der Waals surface area contributed by atoms with E-state index >= 15 is 0 Å². The summed E-state index contributed by atoms with van der Waals surface area (Å²) in [6.07, 6.45) is 0. The molecule has 0 bridgehead atoms. The Morgan fingerprint density at radius 1 is 1.57 bits per heavy atom. The number of ether oxygens (including phenoxy) is 1. The summed E-state index contributed by atoms with van der Waals surface area (Å²) in [5.74, 6) is 0.447. The van der Waals surface area contributed by atoms with E-state index < -0.39 is 5.54 Å². The molecular formula is C14H25N3O4. The highest BCUT2D eigenvalue weighted by molar-refractivity contribution is 5.09. The average Bonchev–Trinajstić information content (AvgIpc) is 2.98. The molecule has 0 amide bonds. The molecule has 0 aromatic carbocycles. The second kappa shape index (κ2) is 6.85. The lowest BCUT2D eigenvalue weighted by molar-refractivity contribution is -0.106. The van der Waals surface area contributed by atoms with Crippen molar-refractivity contribution in [2.75, 3.05) is 33.4 Å². The van der Waals surface area contributed by atoms with Crippen LogP contribution in [0.3, 0.4) is 0 Å².